The number of fused-ring (bicyclic) bond motifs is 1. The molecule has 0 bridgehead atoms. The number of hydrogen-bond donors (Lipinski definition) is 3. The van der Waals surface area contributed by atoms with Gasteiger partial charge in [-0.1, -0.05) is 6.07 Å². The monoisotopic (exact) mass is 371 g/mol. The lowest BCUT2D eigenvalue weighted by atomic mass is 10.2. The van der Waals surface area contributed by atoms with Crippen molar-refractivity contribution in [1.82, 2.24) is 14.6 Å². The molecule has 3 aromatic heterocycles. The largest absolute Gasteiger partial charge is 0.365 e. The van der Waals surface area contributed by atoms with Gasteiger partial charge in [0.2, 0.25) is 0 Å². The molecule has 3 heterocycles. The number of primary amides is 1. The molecule has 140 valence electrons. The first kappa shape index (κ1) is 18.3. The van der Waals surface area contributed by atoms with Gasteiger partial charge in [0, 0.05) is 12.6 Å². The molecule has 0 fully saturated rings. The highest BCUT2D eigenvalue weighted by Gasteiger charge is 2.22. The second kappa shape index (κ2) is 7.38. The fraction of sp³-hybridized carbons (Fsp3) is 0.176. The Morgan fingerprint density at radius 3 is 2.96 bits per heavy atom. The quantitative estimate of drug-likeness (QED) is 0.325. The summed E-state index contributed by atoms with van der Waals surface area (Å²) in [5.41, 5.74) is 6.50. The molecule has 10 heteroatoms. The molecule has 1 amide bonds. The van der Waals surface area contributed by atoms with Gasteiger partial charge in [0.1, 0.15) is 12.1 Å². The summed E-state index contributed by atoms with van der Waals surface area (Å²) in [6.07, 6.45) is 4.06. The highest BCUT2D eigenvalue weighted by Crippen LogP contribution is 2.27. The van der Waals surface area contributed by atoms with Gasteiger partial charge >= 0.3 is 0 Å². The van der Waals surface area contributed by atoms with Crippen molar-refractivity contribution < 1.29 is 14.0 Å². The number of carbonyl (C=O) groups is 2. The van der Waals surface area contributed by atoms with Crippen LogP contribution in [0.25, 0.3) is 5.52 Å². The zero-order valence-corrected chi connectivity index (χ0v) is 14.5. The number of hydrazine groups is 1. The van der Waals surface area contributed by atoms with Gasteiger partial charge in [-0.15, -0.1) is 0 Å². The smallest absolute Gasteiger partial charge is 0.252 e. The van der Waals surface area contributed by atoms with Gasteiger partial charge in [0.05, 0.1) is 29.0 Å². The molecule has 0 aliphatic heterocycles. The number of halogens is 1. The lowest BCUT2D eigenvalue weighted by Crippen LogP contribution is -2.41. The standard InChI is InChI=1S/C17H18FN7O2/c1-10(5-7-26)25(20)17-12(18)8-11(15(19)27)16(23-17)22-13-9-21-24-6-3-2-4-14(13)24/h2-4,6-10H,5,20H2,1H3,(H2,19,27)(H,22,23)/t10-/m1/s1. The van der Waals surface area contributed by atoms with Crippen LogP contribution in [0.4, 0.5) is 21.7 Å². The van der Waals surface area contributed by atoms with Gasteiger partial charge in [0.15, 0.2) is 11.6 Å². The van der Waals surface area contributed by atoms with Crippen LogP contribution in [0.1, 0.15) is 23.7 Å². The number of aldehydes is 1. The van der Waals surface area contributed by atoms with E-state index in [1.807, 2.05) is 18.2 Å². The number of carbonyl (C=O) groups excluding carboxylic acids is 2. The molecule has 0 saturated heterocycles. The number of anilines is 3. The molecule has 9 nitrogen and oxygen atoms in total. The summed E-state index contributed by atoms with van der Waals surface area (Å²) in [5, 5.41) is 8.17. The van der Waals surface area contributed by atoms with Crippen molar-refractivity contribution in [3.63, 3.8) is 0 Å². The number of amides is 1. The van der Waals surface area contributed by atoms with Gasteiger partial charge in [-0.2, -0.15) is 5.10 Å². The van der Waals surface area contributed by atoms with E-state index in [-0.39, 0.29) is 23.6 Å². The van der Waals surface area contributed by atoms with E-state index < -0.39 is 17.8 Å². The highest BCUT2D eigenvalue weighted by atomic mass is 19.1. The van der Waals surface area contributed by atoms with Crippen LogP contribution in [0.3, 0.4) is 0 Å². The molecule has 0 unspecified atom stereocenters. The maximum absolute atomic E-state index is 14.4. The van der Waals surface area contributed by atoms with Gasteiger partial charge in [-0.05, 0) is 25.1 Å². The van der Waals surface area contributed by atoms with Gasteiger partial charge in [-0.3, -0.25) is 9.80 Å². The number of nitrogens with one attached hydrogen (secondary N) is 1. The van der Waals surface area contributed by atoms with Crippen molar-refractivity contribution in [1.29, 1.82) is 0 Å². The normalized spacial score (nSPS) is 12.0. The second-order valence-corrected chi connectivity index (χ2v) is 5.93. The van der Waals surface area contributed by atoms with Crippen molar-refractivity contribution in [3.05, 3.63) is 48.0 Å². The molecular weight excluding hydrogens is 353 g/mol. The van der Waals surface area contributed by atoms with Crippen LogP contribution < -0.4 is 21.9 Å². The van der Waals surface area contributed by atoms with Crippen LogP contribution in [0.15, 0.2) is 36.7 Å². The Morgan fingerprint density at radius 1 is 1.48 bits per heavy atom. The summed E-state index contributed by atoms with van der Waals surface area (Å²) in [6, 6.07) is 5.92. The Balaban J connectivity index is 2.05. The molecule has 0 saturated carbocycles. The van der Waals surface area contributed by atoms with Gasteiger partial charge in [0.25, 0.3) is 5.91 Å². The van der Waals surface area contributed by atoms with Gasteiger partial charge < -0.3 is 15.8 Å². The summed E-state index contributed by atoms with van der Waals surface area (Å²) in [7, 11) is 0. The van der Waals surface area contributed by atoms with E-state index in [4.69, 9.17) is 11.6 Å². The SMILES string of the molecule is C[C@H](CC=O)N(N)c1nc(Nc2cnn3ccccc23)c(C(N)=O)cc1F. The third-order valence-corrected chi connectivity index (χ3v) is 4.06. The van der Waals surface area contributed by atoms with Crippen molar-refractivity contribution in [2.45, 2.75) is 19.4 Å². The van der Waals surface area contributed by atoms with E-state index in [0.717, 1.165) is 16.6 Å². The third-order valence-electron chi connectivity index (χ3n) is 4.06. The number of pyridine rings is 2. The molecule has 0 radical (unpaired) electrons. The molecular formula is C17H18FN7O2. The van der Waals surface area contributed by atoms with Crippen molar-refractivity contribution in [2.24, 2.45) is 11.6 Å². The average Bonchev–Trinajstić information content (AvgIpc) is 3.05. The predicted molar refractivity (Wildman–Crippen MR) is 98.0 cm³/mol. The Hall–Kier alpha value is -3.53. The van der Waals surface area contributed by atoms with Crippen LogP contribution in [0, 0.1) is 5.82 Å². The first-order valence-electron chi connectivity index (χ1n) is 8.09. The topological polar surface area (TPSA) is 132 Å². The Labute approximate surface area is 153 Å². The zero-order valence-electron chi connectivity index (χ0n) is 14.5. The minimum absolute atomic E-state index is 0.0337. The first-order chi connectivity index (χ1) is 12.9. The highest BCUT2D eigenvalue weighted by molar-refractivity contribution is 5.99. The van der Waals surface area contributed by atoms with E-state index in [0.29, 0.717) is 12.0 Å². The number of hydrogen-bond acceptors (Lipinski definition) is 7. The van der Waals surface area contributed by atoms with Crippen LogP contribution >= 0.6 is 0 Å². The van der Waals surface area contributed by atoms with E-state index in [9.17, 15) is 14.0 Å². The summed E-state index contributed by atoms with van der Waals surface area (Å²) >= 11 is 0. The maximum Gasteiger partial charge on any atom is 0.252 e. The van der Waals surface area contributed by atoms with Crippen molar-refractivity contribution >= 4 is 35.0 Å². The van der Waals surface area contributed by atoms with Crippen LogP contribution in [0.5, 0.6) is 0 Å². The molecule has 0 aliphatic rings. The molecule has 3 rings (SSSR count). The number of nitrogens with two attached hydrogens (primary N) is 2. The van der Waals surface area contributed by atoms with E-state index in [1.54, 1.807) is 23.8 Å². The molecule has 1 atom stereocenters. The fourth-order valence-electron chi connectivity index (χ4n) is 2.56. The van der Waals surface area contributed by atoms with Crippen molar-refractivity contribution in [3.8, 4) is 0 Å². The van der Waals surface area contributed by atoms with E-state index >= 15 is 0 Å². The number of rotatable bonds is 7. The summed E-state index contributed by atoms with van der Waals surface area (Å²) in [5.74, 6) is 4.04. The predicted octanol–water partition coefficient (Wildman–Crippen LogP) is 1.37. The Bertz CT molecular complexity index is 1000. The lowest BCUT2D eigenvalue weighted by Gasteiger charge is -2.25. The molecule has 0 aromatic carbocycles. The summed E-state index contributed by atoms with van der Waals surface area (Å²) < 4.78 is 16.1. The van der Waals surface area contributed by atoms with E-state index in [2.05, 4.69) is 15.4 Å². The summed E-state index contributed by atoms with van der Waals surface area (Å²) in [4.78, 5) is 26.6. The maximum atomic E-state index is 14.4. The van der Waals surface area contributed by atoms with Crippen LogP contribution in [-0.2, 0) is 4.79 Å². The van der Waals surface area contributed by atoms with Crippen molar-refractivity contribution in [2.75, 3.05) is 10.3 Å². The fourth-order valence-corrected chi connectivity index (χ4v) is 2.56. The second-order valence-electron chi connectivity index (χ2n) is 5.93. The van der Waals surface area contributed by atoms with Crippen LogP contribution in [-0.4, -0.2) is 32.8 Å². The van der Waals surface area contributed by atoms with Gasteiger partial charge in [-0.25, -0.2) is 19.7 Å². The number of nitrogens with zero attached hydrogens (tertiary/aromatic N) is 4. The first-order valence-corrected chi connectivity index (χ1v) is 8.09. The minimum Gasteiger partial charge on any atom is -0.365 e. The lowest BCUT2D eigenvalue weighted by molar-refractivity contribution is -0.108. The Kier molecular flexibility index (Phi) is 4.99. The molecule has 0 aliphatic carbocycles. The summed E-state index contributed by atoms with van der Waals surface area (Å²) in [6.45, 7) is 1.65. The minimum atomic E-state index is -0.851. The molecule has 3 aromatic rings. The van der Waals surface area contributed by atoms with Crippen LogP contribution in [0.2, 0.25) is 0 Å². The van der Waals surface area contributed by atoms with E-state index in [1.165, 1.54) is 0 Å². The third kappa shape index (κ3) is 3.55. The average molecular weight is 371 g/mol. The molecule has 5 N–H and O–H groups in total. The molecule has 27 heavy (non-hydrogen) atoms. The number of aromatic nitrogens is 3. The zero-order chi connectivity index (χ0) is 19.6. The Morgan fingerprint density at radius 2 is 2.26 bits per heavy atom. The molecule has 0 spiro atoms.